The van der Waals surface area contributed by atoms with Crippen molar-refractivity contribution < 1.29 is 4.74 Å². The maximum absolute atomic E-state index is 6.08. The van der Waals surface area contributed by atoms with E-state index in [1.54, 1.807) is 7.11 Å². The molecule has 1 heterocycles. The molecule has 0 spiro atoms. The minimum absolute atomic E-state index is 0.0499. The lowest BCUT2D eigenvalue weighted by atomic mass is 10.0. The molecule has 0 aliphatic heterocycles. The Labute approximate surface area is 108 Å². The molecule has 0 bridgehead atoms. The first-order valence-electron chi connectivity index (χ1n) is 6.12. The van der Waals surface area contributed by atoms with Crippen molar-refractivity contribution in [3.05, 3.63) is 23.3 Å². The number of rotatable bonds is 3. The van der Waals surface area contributed by atoms with Gasteiger partial charge < -0.3 is 4.74 Å². The standard InChI is InChI=1S/C13H19ClN2O/c1-9(14)11-8-15-12(16-10(11)2)13(17-3)6-4-5-7-13/h8-9H,4-7H2,1-3H3. The number of hydrogen-bond acceptors (Lipinski definition) is 3. The highest BCUT2D eigenvalue weighted by Crippen LogP contribution is 2.40. The second-order valence-electron chi connectivity index (χ2n) is 4.76. The minimum Gasteiger partial charge on any atom is -0.370 e. The van der Waals surface area contributed by atoms with Crippen molar-refractivity contribution in [3.63, 3.8) is 0 Å². The van der Waals surface area contributed by atoms with Crippen LogP contribution in [0.5, 0.6) is 0 Å². The quantitative estimate of drug-likeness (QED) is 0.775. The average molecular weight is 255 g/mol. The summed E-state index contributed by atoms with van der Waals surface area (Å²) in [5.74, 6) is 0.816. The molecule has 0 aromatic carbocycles. The summed E-state index contributed by atoms with van der Waals surface area (Å²) in [6.07, 6.45) is 6.24. The monoisotopic (exact) mass is 254 g/mol. The van der Waals surface area contributed by atoms with Crippen molar-refractivity contribution >= 4 is 11.6 Å². The van der Waals surface area contributed by atoms with Gasteiger partial charge in [-0.3, -0.25) is 0 Å². The highest BCUT2D eigenvalue weighted by Gasteiger charge is 2.38. The molecule has 1 aromatic rings. The Morgan fingerprint density at radius 1 is 1.41 bits per heavy atom. The Hall–Kier alpha value is -0.670. The van der Waals surface area contributed by atoms with Gasteiger partial charge in [0.05, 0.1) is 5.38 Å². The van der Waals surface area contributed by atoms with E-state index in [1.165, 1.54) is 12.8 Å². The SMILES string of the molecule is COC1(c2ncc(C(C)Cl)c(C)n2)CCCC1. The van der Waals surface area contributed by atoms with Gasteiger partial charge in [-0.15, -0.1) is 11.6 Å². The highest BCUT2D eigenvalue weighted by molar-refractivity contribution is 6.20. The Balaban J connectivity index is 2.36. The molecule has 1 unspecified atom stereocenters. The van der Waals surface area contributed by atoms with E-state index in [-0.39, 0.29) is 11.0 Å². The Morgan fingerprint density at radius 2 is 2.06 bits per heavy atom. The Bertz CT molecular complexity index is 400. The van der Waals surface area contributed by atoms with E-state index in [1.807, 2.05) is 20.0 Å². The molecule has 1 atom stereocenters. The maximum atomic E-state index is 6.08. The molecule has 17 heavy (non-hydrogen) atoms. The second kappa shape index (κ2) is 4.91. The van der Waals surface area contributed by atoms with Gasteiger partial charge in [-0.05, 0) is 39.5 Å². The van der Waals surface area contributed by atoms with Crippen LogP contribution in [-0.4, -0.2) is 17.1 Å². The summed E-state index contributed by atoms with van der Waals surface area (Å²) >= 11 is 6.08. The Kier molecular flexibility index (Phi) is 3.69. The van der Waals surface area contributed by atoms with E-state index in [9.17, 15) is 0 Å². The van der Waals surface area contributed by atoms with Gasteiger partial charge in [-0.1, -0.05) is 0 Å². The lowest BCUT2D eigenvalue weighted by molar-refractivity contribution is -0.0164. The fourth-order valence-electron chi connectivity index (χ4n) is 2.55. The van der Waals surface area contributed by atoms with Gasteiger partial charge in [-0.2, -0.15) is 0 Å². The first kappa shape index (κ1) is 12.8. The molecular formula is C13H19ClN2O. The summed E-state index contributed by atoms with van der Waals surface area (Å²) in [4.78, 5) is 9.06. The third kappa shape index (κ3) is 2.31. The third-order valence-electron chi connectivity index (χ3n) is 3.66. The Morgan fingerprint density at radius 3 is 2.53 bits per heavy atom. The summed E-state index contributed by atoms with van der Waals surface area (Å²) < 4.78 is 5.68. The van der Waals surface area contributed by atoms with Crippen LogP contribution in [0.2, 0.25) is 0 Å². The summed E-state index contributed by atoms with van der Waals surface area (Å²) in [6.45, 7) is 3.92. The summed E-state index contributed by atoms with van der Waals surface area (Å²) in [5, 5.41) is -0.0499. The summed E-state index contributed by atoms with van der Waals surface area (Å²) in [5.41, 5.74) is 1.69. The fraction of sp³-hybridized carbons (Fsp3) is 0.692. The van der Waals surface area contributed by atoms with Crippen molar-refractivity contribution in [2.45, 2.75) is 50.5 Å². The lowest BCUT2D eigenvalue weighted by Gasteiger charge is -2.26. The van der Waals surface area contributed by atoms with E-state index in [0.29, 0.717) is 0 Å². The molecular weight excluding hydrogens is 236 g/mol. The lowest BCUT2D eigenvalue weighted by Crippen LogP contribution is -2.27. The minimum atomic E-state index is -0.265. The van der Waals surface area contributed by atoms with Crippen LogP contribution in [0.4, 0.5) is 0 Å². The molecule has 3 nitrogen and oxygen atoms in total. The first-order chi connectivity index (χ1) is 8.09. The third-order valence-corrected chi connectivity index (χ3v) is 3.89. The predicted octanol–water partition coefficient (Wildman–Crippen LogP) is 3.50. The number of aromatic nitrogens is 2. The van der Waals surface area contributed by atoms with Crippen LogP contribution in [-0.2, 0) is 10.3 Å². The molecule has 1 fully saturated rings. The van der Waals surface area contributed by atoms with Crippen molar-refractivity contribution in [2.75, 3.05) is 7.11 Å². The fourth-order valence-corrected chi connectivity index (χ4v) is 2.77. The number of nitrogens with zero attached hydrogens (tertiary/aromatic N) is 2. The number of halogens is 1. The zero-order valence-electron chi connectivity index (χ0n) is 10.7. The number of alkyl halides is 1. The van der Waals surface area contributed by atoms with Crippen LogP contribution in [0.1, 0.15) is 55.1 Å². The van der Waals surface area contributed by atoms with Crippen molar-refractivity contribution in [3.8, 4) is 0 Å². The van der Waals surface area contributed by atoms with Crippen LogP contribution in [0.3, 0.4) is 0 Å². The molecule has 1 aliphatic carbocycles. The van der Waals surface area contributed by atoms with E-state index < -0.39 is 0 Å². The number of hydrogen-bond donors (Lipinski definition) is 0. The summed E-state index contributed by atoms with van der Waals surface area (Å²) in [6, 6.07) is 0. The molecule has 0 amide bonds. The zero-order valence-corrected chi connectivity index (χ0v) is 11.4. The topological polar surface area (TPSA) is 35.0 Å². The number of methoxy groups -OCH3 is 1. The molecule has 1 aromatic heterocycles. The second-order valence-corrected chi connectivity index (χ2v) is 5.41. The average Bonchev–Trinajstić information content (AvgIpc) is 2.78. The van der Waals surface area contributed by atoms with E-state index in [0.717, 1.165) is 29.9 Å². The maximum Gasteiger partial charge on any atom is 0.160 e. The van der Waals surface area contributed by atoms with Gasteiger partial charge in [-0.25, -0.2) is 9.97 Å². The molecule has 0 saturated heterocycles. The molecule has 0 radical (unpaired) electrons. The van der Waals surface area contributed by atoms with Crippen LogP contribution in [0.15, 0.2) is 6.20 Å². The van der Waals surface area contributed by atoms with Gasteiger partial charge in [0.25, 0.3) is 0 Å². The molecule has 4 heteroatoms. The van der Waals surface area contributed by atoms with Gasteiger partial charge in [0.2, 0.25) is 0 Å². The molecule has 94 valence electrons. The van der Waals surface area contributed by atoms with E-state index in [2.05, 4.69) is 9.97 Å². The smallest absolute Gasteiger partial charge is 0.160 e. The van der Waals surface area contributed by atoms with Gasteiger partial charge >= 0.3 is 0 Å². The largest absolute Gasteiger partial charge is 0.370 e. The van der Waals surface area contributed by atoms with Crippen molar-refractivity contribution in [1.29, 1.82) is 0 Å². The molecule has 1 aliphatic rings. The van der Waals surface area contributed by atoms with Gasteiger partial charge in [0.15, 0.2) is 5.82 Å². The van der Waals surface area contributed by atoms with Crippen LogP contribution in [0.25, 0.3) is 0 Å². The van der Waals surface area contributed by atoms with Gasteiger partial charge in [0, 0.05) is 24.6 Å². The molecule has 1 saturated carbocycles. The van der Waals surface area contributed by atoms with Crippen molar-refractivity contribution in [1.82, 2.24) is 9.97 Å². The van der Waals surface area contributed by atoms with Gasteiger partial charge in [0.1, 0.15) is 5.60 Å². The highest BCUT2D eigenvalue weighted by atomic mass is 35.5. The summed E-state index contributed by atoms with van der Waals surface area (Å²) in [7, 11) is 1.75. The van der Waals surface area contributed by atoms with Crippen LogP contribution >= 0.6 is 11.6 Å². The predicted molar refractivity (Wildman–Crippen MR) is 68.2 cm³/mol. The number of ether oxygens (including phenoxy) is 1. The van der Waals surface area contributed by atoms with Crippen LogP contribution in [0, 0.1) is 6.92 Å². The normalized spacial score (nSPS) is 20.5. The molecule has 0 N–H and O–H groups in total. The van der Waals surface area contributed by atoms with Crippen molar-refractivity contribution in [2.24, 2.45) is 0 Å². The number of aryl methyl sites for hydroxylation is 1. The van der Waals surface area contributed by atoms with E-state index >= 15 is 0 Å². The first-order valence-corrected chi connectivity index (χ1v) is 6.56. The zero-order chi connectivity index (χ0) is 12.5. The van der Waals surface area contributed by atoms with E-state index in [4.69, 9.17) is 16.3 Å². The van der Waals surface area contributed by atoms with Crippen LogP contribution < -0.4 is 0 Å². The molecule has 2 rings (SSSR count).